The monoisotopic (exact) mass is 575 g/mol. The number of carbonyl (C=O) groups is 3. The van der Waals surface area contributed by atoms with Crippen LogP contribution < -0.4 is 24.5 Å². The first kappa shape index (κ1) is 28.0. The van der Waals surface area contributed by atoms with Gasteiger partial charge >= 0.3 is 11.9 Å². The van der Waals surface area contributed by atoms with Crippen LogP contribution in [0.5, 0.6) is 5.75 Å². The van der Waals surface area contributed by atoms with Crippen LogP contribution in [-0.4, -0.2) is 48.8 Å². The zero-order chi connectivity index (χ0) is 29.4. The van der Waals surface area contributed by atoms with Gasteiger partial charge in [0, 0.05) is 5.56 Å². The predicted molar refractivity (Wildman–Crippen MR) is 152 cm³/mol. The summed E-state index contributed by atoms with van der Waals surface area (Å²) >= 11 is 1.06. The molecule has 0 aliphatic carbocycles. The number of hydrogen-bond donors (Lipinski definition) is 0. The Bertz CT molecular complexity index is 1780. The number of aromatic nitrogens is 1. The van der Waals surface area contributed by atoms with Crippen molar-refractivity contribution in [3.05, 3.63) is 90.6 Å². The Labute approximate surface area is 239 Å². The number of fused-ring (bicyclic) bond motifs is 2. The highest BCUT2D eigenvalue weighted by atomic mass is 32.1. The van der Waals surface area contributed by atoms with Crippen molar-refractivity contribution in [1.82, 2.24) is 4.57 Å². The van der Waals surface area contributed by atoms with Crippen LogP contribution in [0, 0.1) is 0 Å². The SMILES string of the molecule is CCOC(=O)CN1C(=O)/C(=c2\sc3n(c2=O)[C@H](c2cccc(OC)c2)C(C(=O)OC(C)C)=C(C)N=3)c2ccccc21. The van der Waals surface area contributed by atoms with Gasteiger partial charge in [-0.15, -0.1) is 0 Å². The van der Waals surface area contributed by atoms with E-state index in [2.05, 4.69) is 4.99 Å². The van der Waals surface area contributed by atoms with E-state index in [0.29, 0.717) is 33.1 Å². The smallest absolute Gasteiger partial charge is 0.338 e. The number of carbonyl (C=O) groups excluding carboxylic acids is 3. The predicted octanol–water partition coefficient (Wildman–Crippen LogP) is 2.48. The Kier molecular flexibility index (Phi) is 7.63. The molecule has 0 unspecified atom stereocenters. The van der Waals surface area contributed by atoms with Crippen LogP contribution in [0.25, 0.3) is 5.57 Å². The van der Waals surface area contributed by atoms with E-state index in [1.807, 2.05) is 0 Å². The Morgan fingerprint density at radius 3 is 2.56 bits per heavy atom. The fourth-order valence-corrected chi connectivity index (χ4v) is 6.17. The molecule has 2 aliphatic rings. The highest BCUT2D eigenvalue weighted by Gasteiger charge is 2.38. The molecule has 0 saturated heterocycles. The number of allylic oxidation sites excluding steroid dienone is 1. The first-order chi connectivity index (χ1) is 19.7. The highest BCUT2D eigenvalue weighted by molar-refractivity contribution is 7.07. The summed E-state index contributed by atoms with van der Waals surface area (Å²) in [6.45, 7) is 6.77. The third-order valence-corrected chi connectivity index (χ3v) is 7.77. The average molecular weight is 576 g/mol. The summed E-state index contributed by atoms with van der Waals surface area (Å²) in [4.78, 5) is 60.0. The second kappa shape index (κ2) is 11.2. The van der Waals surface area contributed by atoms with E-state index in [1.54, 1.807) is 76.2 Å². The fourth-order valence-electron chi connectivity index (χ4n) is 5.03. The molecule has 1 aromatic heterocycles. The number of methoxy groups -OCH3 is 1. The molecule has 1 atom stereocenters. The number of benzene rings is 2. The van der Waals surface area contributed by atoms with Crippen molar-refractivity contribution in [2.45, 2.75) is 39.8 Å². The van der Waals surface area contributed by atoms with Crippen molar-refractivity contribution in [3.63, 3.8) is 0 Å². The minimum absolute atomic E-state index is 0.159. The topological polar surface area (TPSA) is 116 Å². The minimum atomic E-state index is -0.871. The second-order valence-corrected chi connectivity index (χ2v) is 10.7. The lowest BCUT2D eigenvalue weighted by molar-refractivity contribution is -0.143. The van der Waals surface area contributed by atoms with Crippen LogP contribution in [0.3, 0.4) is 0 Å². The largest absolute Gasteiger partial charge is 0.497 e. The van der Waals surface area contributed by atoms with E-state index in [4.69, 9.17) is 14.2 Å². The molecule has 212 valence electrons. The van der Waals surface area contributed by atoms with Crippen LogP contribution in [-0.2, 0) is 23.9 Å². The van der Waals surface area contributed by atoms with Crippen molar-refractivity contribution in [3.8, 4) is 5.75 Å². The van der Waals surface area contributed by atoms with Gasteiger partial charge in [-0.05, 0) is 51.5 Å². The molecule has 2 aromatic carbocycles. The number of anilines is 1. The molecule has 2 aliphatic heterocycles. The molecule has 0 fully saturated rings. The lowest BCUT2D eigenvalue weighted by Crippen LogP contribution is -2.41. The van der Waals surface area contributed by atoms with E-state index in [9.17, 15) is 19.2 Å². The minimum Gasteiger partial charge on any atom is -0.497 e. The van der Waals surface area contributed by atoms with Gasteiger partial charge in [-0.1, -0.05) is 41.7 Å². The van der Waals surface area contributed by atoms with Gasteiger partial charge in [0.1, 0.15) is 16.8 Å². The number of rotatable bonds is 7. The van der Waals surface area contributed by atoms with E-state index in [1.165, 1.54) is 16.6 Å². The quantitative estimate of drug-likeness (QED) is 0.398. The van der Waals surface area contributed by atoms with Gasteiger partial charge in [0.05, 0.1) is 48.4 Å². The first-order valence-corrected chi connectivity index (χ1v) is 13.9. The van der Waals surface area contributed by atoms with Gasteiger partial charge in [0.2, 0.25) is 0 Å². The molecule has 0 bridgehead atoms. The average Bonchev–Trinajstić information content (AvgIpc) is 3.40. The third kappa shape index (κ3) is 4.97. The van der Waals surface area contributed by atoms with Gasteiger partial charge in [0.25, 0.3) is 11.5 Å². The number of amides is 1. The highest BCUT2D eigenvalue weighted by Crippen LogP contribution is 2.36. The Morgan fingerprint density at radius 1 is 1.10 bits per heavy atom. The van der Waals surface area contributed by atoms with Crippen molar-refractivity contribution in [1.29, 1.82) is 0 Å². The summed E-state index contributed by atoms with van der Waals surface area (Å²) in [5.74, 6) is -1.08. The molecular formula is C30H29N3O7S. The Morgan fingerprint density at radius 2 is 1.85 bits per heavy atom. The molecular weight excluding hydrogens is 546 g/mol. The number of hydrogen-bond acceptors (Lipinski definition) is 9. The maximum atomic E-state index is 14.2. The maximum absolute atomic E-state index is 14.2. The van der Waals surface area contributed by atoms with E-state index < -0.39 is 35.6 Å². The number of ether oxygens (including phenoxy) is 3. The van der Waals surface area contributed by atoms with Crippen molar-refractivity contribution < 1.29 is 28.6 Å². The molecule has 0 radical (unpaired) electrons. The van der Waals surface area contributed by atoms with E-state index in [0.717, 1.165) is 11.3 Å². The van der Waals surface area contributed by atoms with Gasteiger partial charge in [0.15, 0.2) is 4.80 Å². The van der Waals surface area contributed by atoms with Crippen LogP contribution in [0.4, 0.5) is 5.69 Å². The van der Waals surface area contributed by atoms with E-state index >= 15 is 0 Å². The molecule has 41 heavy (non-hydrogen) atoms. The summed E-state index contributed by atoms with van der Waals surface area (Å²) in [6.07, 6.45) is -0.390. The summed E-state index contributed by atoms with van der Waals surface area (Å²) in [7, 11) is 1.53. The number of para-hydroxylation sites is 1. The fraction of sp³-hybridized carbons (Fsp3) is 0.300. The van der Waals surface area contributed by atoms with Gasteiger partial charge < -0.3 is 14.2 Å². The lowest BCUT2D eigenvalue weighted by Gasteiger charge is -2.25. The molecule has 3 heterocycles. The molecule has 11 heteroatoms. The summed E-state index contributed by atoms with van der Waals surface area (Å²) in [6, 6.07) is 13.2. The number of nitrogens with zero attached hydrogens (tertiary/aromatic N) is 3. The molecule has 0 spiro atoms. The molecule has 3 aromatic rings. The summed E-state index contributed by atoms with van der Waals surface area (Å²) in [5.41, 5.74) is 1.97. The normalized spacial score (nSPS) is 17.3. The van der Waals surface area contributed by atoms with Crippen LogP contribution in [0.2, 0.25) is 0 Å². The summed E-state index contributed by atoms with van der Waals surface area (Å²) in [5, 5.41) is 0. The van der Waals surface area contributed by atoms with Crippen molar-refractivity contribution in [2.24, 2.45) is 4.99 Å². The Balaban J connectivity index is 1.76. The number of thiazole rings is 1. The molecule has 0 saturated carbocycles. The van der Waals surface area contributed by atoms with Crippen LogP contribution in [0.1, 0.15) is 44.9 Å². The zero-order valence-corrected chi connectivity index (χ0v) is 24.1. The van der Waals surface area contributed by atoms with Gasteiger partial charge in [-0.2, -0.15) is 0 Å². The number of esters is 2. The lowest BCUT2D eigenvalue weighted by atomic mass is 9.95. The van der Waals surface area contributed by atoms with E-state index in [-0.39, 0.29) is 28.8 Å². The maximum Gasteiger partial charge on any atom is 0.338 e. The second-order valence-electron chi connectivity index (χ2n) is 9.72. The van der Waals surface area contributed by atoms with Gasteiger partial charge in [-0.3, -0.25) is 23.9 Å². The third-order valence-electron chi connectivity index (χ3n) is 6.71. The van der Waals surface area contributed by atoms with Crippen molar-refractivity contribution in [2.75, 3.05) is 25.2 Å². The standard InChI is InChI=1S/C30H29N3O7S/c1-6-39-22(34)15-32-21-13-8-7-12-20(21)24(27(32)35)26-28(36)33-25(18-10-9-11-19(14-18)38-5)23(29(37)40-16(2)3)17(4)31-30(33)41-26/h7-14,16,25H,6,15H2,1-5H3/b26-24-/t25-/m1/s1. The molecule has 1 amide bonds. The molecule has 10 nitrogen and oxygen atoms in total. The van der Waals surface area contributed by atoms with Crippen LogP contribution in [0.15, 0.2) is 69.6 Å². The molecule has 0 N–H and O–H groups in total. The zero-order valence-electron chi connectivity index (χ0n) is 23.3. The molecule has 5 rings (SSSR count). The van der Waals surface area contributed by atoms with Gasteiger partial charge in [-0.25, -0.2) is 9.79 Å². The Hall–Kier alpha value is -4.51. The van der Waals surface area contributed by atoms with Crippen molar-refractivity contribution >= 4 is 40.4 Å². The van der Waals surface area contributed by atoms with Crippen LogP contribution >= 0.6 is 11.3 Å². The summed E-state index contributed by atoms with van der Waals surface area (Å²) < 4.78 is 17.6. The first-order valence-electron chi connectivity index (χ1n) is 13.1.